The van der Waals surface area contributed by atoms with Gasteiger partial charge in [-0.15, -0.1) is 29.1 Å². The molecule has 0 bridgehead atoms. The second kappa shape index (κ2) is 10.9. The van der Waals surface area contributed by atoms with Crippen LogP contribution in [0.5, 0.6) is 0 Å². The van der Waals surface area contributed by atoms with Crippen LogP contribution < -0.4 is 0 Å². The van der Waals surface area contributed by atoms with Gasteiger partial charge in [0.05, 0.1) is 0 Å². The van der Waals surface area contributed by atoms with E-state index >= 15 is 0 Å². The molecule has 0 saturated carbocycles. The molecule has 6 rings (SSSR count). The SMILES string of the molecule is O=Cc1cccc2c(-[c-]3[cH-][cH-][cH-][cH-]3)cccc12.O=Cc1cccc2c(-[c-]3cccc3)cccc12.[Fe]. The van der Waals surface area contributed by atoms with Gasteiger partial charge in [-0.2, -0.15) is 24.3 Å². The Morgan fingerprint density at radius 2 is 1.00 bits per heavy atom. The van der Waals surface area contributed by atoms with Gasteiger partial charge in [0.1, 0.15) is 12.6 Å². The van der Waals surface area contributed by atoms with Gasteiger partial charge in [-0.25, -0.2) is 0 Å². The maximum absolute atomic E-state index is 11.0. The minimum atomic E-state index is 0. The van der Waals surface area contributed by atoms with E-state index in [-0.39, 0.29) is 17.1 Å². The fraction of sp³-hybridized carbons (Fsp3) is 0. The topological polar surface area (TPSA) is 34.1 Å². The zero-order valence-electron chi connectivity index (χ0n) is 18.9. The Morgan fingerprint density at radius 1 is 0.543 bits per heavy atom. The number of carbonyl (C=O) groups excluding carboxylic acids is 2. The third-order valence-electron chi connectivity index (χ3n) is 6.11. The van der Waals surface area contributed by atoms with Gasteiger partial charge in [-0.05, 0) is 10.9 Å². The summed E-state index contributed by atoms with van der Waals surface area (Å²) in [5, 5.41) is 4.29. The molecule has 0 aliphatic heterocycles. The summed E-state index contributed by atoms with van der Waals surface area (Å²) in [5.74, 6) is 0. The van der Waals surface area contributed by atoms with Gasteiger partial charge < -0.3 is 46.8 Å². The number of hydrogen-bond donors (Lipinski definition) is 0. The average molecular weight is 494 g/mol. The molecule has 0 amide bonds. The van der Waals surface area contributed by atoms with Crippen molar-refractivity contribution in [3.63, 3.8) is 0 Å². The molecule has 0 spiro atoms. The van der Waals surface area contributed by atoms with E-state index in [4.69, 9.17) is 0 Å². The molecule has 0 aliphatic carbocycles. The molecule has 0 N–H and O–H groups in total. The molecule has 0 saturated heterocycles. The Bertz CT molecular complexity index is 1450. The van der Waals surface area contributed by atoms with E-state index in [0.29, 0.717) is 0 Å². The predicted molar refractivity (Wildman–Crippen MR) is 141 cm³/mol. The van der Waals surface area contributed by atoms with Crippen LogP contribution in [0, 0.1) is 0 Å². The van der Waals surface area contributed by atoms with Crippen LogP contribution in [0.4, 0.5) is 0 Å². The first-order valence-corrected chi connectivity index (χ1v) is 11.2. The summed E-state index contributed by atoms with van der Waals surface area (Å²) in [6.07, 6.45) is 1.83. The van der Waals surface area contributed by atoms with E-state index in [9.17, 15) is 9.59 Å². The minimum absolute atomic E-state index is 0. The monoisotopic (exact) mass is 494 g/mol. The number of aldehydes is 2. The Balaban J connectivity index is 0.000000160. The predicted octanol–water partition coefficient (Wildman–Crippen LogP) is 8.07. The second-order valence-electron chi connectivity index (χ2n) is 8.08. The zero-order valence-corrected chi connectivity index (χ0v) is 20.0. The van der Waals surface area contributed by atoms with Crippen LogP contribution in [0.25, 0.3) is 43.8 Å². The van der Waals surface area contributed by atoms with Crippen molar-refractivity contribution in [2.75, 3.05) is 0 Å². The summed E-state index contributed by atoms with van der Waals surface area (Å²) in [5.41, 5.74) is 6.23. The molecular formula is C32H22FeO2-6. The van der Waals surface area contributed by atoms with Crippen molar-refractivity contribution >= 4 is 34.1 Å². The average Bonchev–Trinajstić information content (AvgIpc) is 3.62. The quantitative estimate of drug-likeness (QED) is 0.141. The summed E-state index contributed by atoms with van der Waals surface area (Å²) in [7, 11) is 0. The van der Waals surface area contributed by atoms with Gasteiger partial charge in [0, 0.05) is 22.6 Å². The number of rotatable bonds is 4. The van der Waals surface area contributed by atoms with Crippen molar-refractivity contribution < 1.29 is 26.7 Å². The van der Waals surface area contributed by atoms with Crippen molar-refractivity contribution in [3.05, 3.63) is 132 Å². The summed E-state index contributed by atoms with van der Waals surface area (Å²) in [6, 6.07) is 40.3. The number of fused-ring (bicyclic) bond motifs is 2. The largest absolute Gasteiger partial charge is 0.641 e. The van der Waals surface area contributed by atoms with Crippen molar-refractivity contribution in [2.45, 2.75) is 0 Å². The summed E-state index contributed by atoms with van der Waals surface area (Å²) < 4.78 is 0. The standard InChI is InChI=1S/2C16H11O.Fe/c2*17-11-13-7-3-10-16-14(8-4-9-15(13)16)12-5-1-2-6-12;/h2*1-11H;/q-5;-1;. The molecule has 0 unspecified atom stereocenters. The minimum Gasteiger partial charge on any atom is -0.641 e. The molecule has 176 valence electrons. The number of benzene rings is 4. The van der Waals surface area contributed by atoms with Gasteiger partial charge in [0.2, 0.25) is 0 Å². The molecule has 0 atom stereocenters. The fourth-order valence-electron chi connectivity index (χ4n) is 4.48. The Kier molecular flexibility index (Phi) is 7.52. The van der Waals surface area contributed by atoms with Gasteiger partial charge >= 0.3 is 0 Å². The molecule has 6 aromatic carbocycles. The van der Waals surface area contributed by atoms with Gasteiger partial charge in [0.15, 0.2) is 0 Å². The Labute approximate surface area is 215 Å². The molecule has 6 aromatic rings. The summed E-state index contributed by atoms with van der Waals surface area (Å²) in [4.78, 5) is 22.0. The van der Waals surface area contributed by atoms with E-state index in [1.807, 2.05) is 72.8 Å². The smallest absolute Gasteiger partial charge is 0.150 e. The summed E-state index contributed by atoms with van der Waals surface area (Å²) in [6.45, 7) is 0. The molecule has 2 nitrogen and oxygen atoms in total. The van der Waals surface area contributed by atoms with Crippen molar-refractivity contribution in [1.29, 1.82) is 0 Å². The first kappa shape index (κ1) is 24.1. The van der Waals surface area contributed by atoms with Crippen LogP contribution in [0.1, 0.15) is 20.7 Å². The van der Waals surface area contributed by atoms with E-state index in [2.05, 4.69) is 48.5 Å². The van der Waals surface area contributed by atoms with Gasteiger partial charge in [-0.1, -0.05) is 59.5 Å². The Hall–Kier alpha value is -4.04. The Morgan fingerprint density at radius 3 is 1.54 bits per heavy atom. The van der Waals surface area contributed by atoms with Gasteiger partial charge in [0.25, 0.3) is 0 Å². The van der Waals surface area contributed by atoms with Crippen LogP contribution >= 0.6 is 0 Å². The number of hydrogen-bond acceptors (Lipinski definition) is 2. The molecule has 0 aromatic heterocycles. The fourth-order valence-corrected chi connectivity index (χ4v) is 4.48. The van der Waals surface area contributed by atoms with Crippen LogP contribution in [-0.4, -0.2) is 12.6 Å². The van der Waals surface area contributed by atoms with E-state index < -0.39 is 0 Å². The molecule has 0 heterocycles. The molecular weight excluding hydrogens is 472 g/mol. The van der Waals surface area contributed by atoms with Crippen molar-refractivity contribution in [3.8, 4) is 22.3 Å². The van der Waals surface area contributed by atoms with Crippen LogP contribution in [-0.2, 0) is 17.1 Å². The zero-order chi connectivity index (χ0) is 23.3. The van der Waals surface area contributed by atoms with Crippen LogP contribution in [0.15, 0.2) is 121 Å². The molecule has 0 fully saturated rings. The van der Waals surface area contributed by atoms with Crippen LogP contribution in [0.3, 0.4) is 0 Å². The first-order chi connectivity index (χ1) is 16.8. The third kappa shape index (κ3) is 4.79. The maximum Gasteiger partial charge on any atom is 0.150 e. The maximum atomic E-state index is 11.0. The molecule has 0 radical (unpaired) electrons. The molecule has 0 aliphatic rings. The van der Waals surface area contributed by atoms with Crippen molar-refractivity contribution in [2.24, 2.45) is 0 Å². The molecule has 35 heavy (non-hydrogen) atoms. The van der Waals surface area contributed by atoms with Crippen molar-refractivity contribution in [1.82, 2.24) is 0 Å². The number of carbonyl (C=O) groups is 2. The summed E-state index contributed by atoms with van der Waals surface area (Å²) >= 11 is 0. The third-order valence-corrected chi connectivity index (χ3v) is 6.11. The van der Waals surface area contributed by atoms with E-state index in [0.717, 1.165) is 45.2 Å². The normalized spacial score (nSPS) is 10.3. The first-order valence-electron chi connectivity index (χ1n) is 11.2. The van der Waals surface area contributed by atoms with Gasteiger partial charge in [-0.3, -0.25) is 9.59 Å². The second-order valence-corrected chi connectivity index (χ2v) is 8.08. The van der Waals surface area contributed by atoms with E-state index in [1.54, 1.807) is 0 Å². The van der Waals surface area contributed by atoms with Crippen LogP contribution in [0.2, 0.25) is 0 Å². The van der Waals surface area contributed by atoms with E-state index in [1.165, 1.54) is 22.3 Å². The molecule has 3 heteroatoms.